The molecule has 0 radical (unpaired) electrons. The van der Waals surface area contributed by atoms with Crippen molar-refractivity contribution < 1.29 is 18.4 Å². The summed E-state index contributed by atoms with van der Waals surface area (Å²) < 4.78 is 25.9. The van der Waals surface area contributed by atoms with Gasteiger partial charge in [0.2, 0.25) is 11.8 Å². The van der Waals surface area contributed by atoms with E-state index >= 15 is 0 Å². The molecule has 2 rings (SSSR count). The second kappa shape index (κ2) is 4.81. The van der Waals surface area contributed by atoms with Crippen molar-refractivity contribution in [3.8, 4) is 0 Å². The largest absolute Gasteiger partial charge is 0.301 e. The molecule has 1 heterocycles. The molecule has 1 aliphatic heterocycles. The summed E-state index contributed by atoms with van der Waals surface area (Å²) in [5.41, 5.74) is 0.391. The molecule has 1 fully saturated rings. The zero-order chi connectivity index (χ0) is 13.3. The highest BCUT2D eigenvalue weighted by Crippen LogP contribution is 2.12. The van der Waals surface area contributed by atoms with Crippen molar-refractivity contribution in [1.29, 1.82) is 0 Å². The van der Waals surface area contributed by atoms with Gasteiger partial charge in [-0.2, -0.15) is 0 Å². The number of hydrogen-bond acceptors (Lipinski definition) is 3. The molecule has 0 saturated carbocycles. The van der Waals surface area contributed by atoms with Gasteiger partial charge in [-0.15, -0.1) is 0 Å². The molecule has 0 aromatic heterocycles. The number of likely N-dealkylation sites (tertiary alicyclic amines) is 1. The van der Waals surface area contributed by atoms with E-state index in [1.54, 1.807) is 0 Å². The van der Waals surface area contributed by atoms with Crippen LogP contribution in [0.4, 0.5) is 8.78 Å². The summed E-state index contributed by atoms with van der Waals surface area (Å²) >= 11 is 0. The summed E-state index contributed by atoms with van der Waals surface area (Å²) in [7, 11) is 1.41. The van der Waals surface area contributed by atoms with Crippen LogP contribution in [0, 0.1) is 11.6 Å². The van der Waals surface area contributed by atoms with Gasteiger partial charge in [-0.05, 0) is 17.7 Å². The first-order chi connectivity index (χ1) is 8.47. The van der Waals surface area contributed by atoms with E-state index in [1.807, 2.05) is 0 Å². The number of nitrogens with zero attached hydrogens (tertiary/aromatic N) is 1. The van der Waals surface area contributed by atoms with Crippen LogP contribution in [0.3, 0.4) is 0 Å². The Hall–Kier alpha value is -1.82. The molecule has 1 atom stereocenters. The molecule has 96 valence electrons. The van der Waals surface area contributed by atoms with Crippen LogP contribution in [0.1, 0.15) is 12.0 Å². The van der Waals surface area contributed by atoms with Gasteiger partial charge in [-0.1, -0.05) is 0 Å². The fraction of sp³-hybridized carbons (Fsp3) is 0.333. The molecule has 1 aromatic carbocycles. The van der Waals surface area contributed by atoms with Crippen molar-refractivity contribution in [1.82, 2.24) is 10.2 Å². The number of imide groups is 1. The van der Waals surface area contributed by atoms with Crippen LogP contribution in [0.5, 0.6) is 0 Å². The number of likely N-dealkylation sites (N-methyl/N-ethyl adjacent to an activating group) is 1. The van der Waals surface area contributed by atoms with Crippen LogP contribution in [-0.4, -0.2) is 29.8 Å². The number of amides is 2. The third-order valence-electron chi connectivity index (χ3n) is 2.86. The standard InChI is InChI=1S/C12H12F2N2O2/c1-16-11(17)5-10(12(16)18)15-6-7-2-8(13)4-9(14)3-7/h2-4,10,15H,5-6H2,1H3. The van der Waals surface area contributed by atoms with E-state index in [2.05, 4.69) is 5.32 Å². The first-order valence-corrected chi connectivity index (χ1v) is 5.46. The summed E-state index contributed by atoms with van der Waals surface area (Å²) in [5.74, 6) is -1.92. The lowest BCUT2D eigenvalue weighted by atomic mass is 10.2. The molecule has 18 heavy (non-hydrogen) atoms. The van der Waals surface area contributed by atoms with Gasteiger partial charge < -0.3 is 5.32 Å². The van der Waals surface area contributed by atoms with E-state index in [4.69, 9.17) is 0 Å². The fourth-order valence-electron chi connectivity index (χ4n) is 1.87. The Morgan fingerprint density at radius 3 is 2.39 bits per heavy atom. The van der Waals surface area contributed by atoms with Gasteiger partial charge in [0.25, 0.3) is 0 Å². The summed E-state index contributed by atoms with van der Waals surface area (Å²) in [4.78, 5) is 23.9. The summed E-state index contributed by atoms with van der Waals surface area (Å²) in [5, 5.41) is 2.82. The SMILES string of the molecule is CN1C(=O)CC(NCc2cc(F)cc(F)c2)C1=O. The third-order valence-corrected chi connectivity index (χ3v) is 2.86. The Kier molecular flexibility index (Phi) is 3.38. The smallest absolute Gasteiger partial charge is 0.246 e. The van der Waals surface area contributed by atoms with Crippen LogP contribution in [0.15, 0.2) is 18.2 Å². The molecule has 6 heteroatoms. The predicted octanol–water partition coefficient (Wildman–Crippen LogP) is 0.812. The number of rotatable bonds is 3. The Bertz CT molecular complexity index is 485. The van der Waals surface area contributed by atoms with E-state index in [9.17, 15) is 18.4 Å². The summed E-state index contributed by atoms with van der Waals surface area (Å²) in [6.45, 7) is 0.131. The fourth-order valence-corrected chi connectivity index (χ4v) is 1.87. The van der Waals surface area contributed by atoms with Crippen molar-refractivity contribution in [2.75, 3.05) is 7.05 Å². The quantitative estimate of drug-likeness (QED) is 0.812. The average Bonchev–Trinajstić information content (AvgIpc) is 2.53. The minimum Gasteiger partial charge on any atom is -0.301 e. The van der Waals surface area contributed by atoms with Gasteiger partial charge in [-0.25, -0.2) is 8.78 Å². The Balaban J connectivity index is 2.00. The van der Waals surface area contributed by atoms with Gasteiger partial charge in [0, 0.05) is 19.7 Å². The van der Waals surface area contributed by atoms with E-state index < -0.39 is 17.7 Å². The van der Waals surface area contributed by atoms with Crippen LogP contribution < -0.4 is 5.32 Å². The molecule has 1 saturated heterocycles. The second-order valence-corrected chi connectivity index (χ2v) is 4.21. The van der Waals surface area contributed by atoms with Crippen LogP contribution in [-0.2, 0) is 16.1 Å². The monoisotopic (exact) mass is 254 g/mol. The molecule has 2 amide bonds. The van der Waals surface area contributed by atoms with Crippen molar-refractivity contribution in [3.63, 3.8) is 0 Å². The number of nitrogens with one attached hydrogen (secondary N) is 1. The Morgan fingerprint density at radius 1 is 1.28 bits per heavy atom. The molecule has 0 bridgehead atoms. The molecular weight excluding hydrogens is 242 g/mol. The molecule has 0 spiro atoms. The number of carbonyl (C=O) groups excluding carboxylic acids is 2. The van der Waals surface area contributed by atoms with E-state index in [0.29, 0.717) is 5.56 Å². The molecule has 1 unspecified atom stereocenters. The van der Waals surface area contributed by atoms with Crippen molar-refractivity contribution >= 4 is 11.8 Å². The zero-order valence-electron chi connectivity index (χ0n) is 9.74. The minimum absolute atomic E-state index is 0.0765. The maximum atomic E-state index is 12.9. The van der Waals surface area contributed by atoms with Crippen molar-refractivity contribution in [2.45, 2.75) is 19.0 Å². The maximum Gasteiger partial charge on any atom is 0.246 e. The molecular formula is C12H12F2N2O2. The highest BCUT2D eigenvalue weighted by molar-refractivity contribution is 6.05. The number of carbonyl (C=O) groups is 2. The van der Waals surface area contributed by atoms with Gasteiger partial charge >= 0.3 is 0 Å². The molecule has 1 N–H and O–H groups in total. The van der Waals surface area contributed by atoms with E-state index in [0.717, 1.165) is 11.0 Å². The van der Waals surface area contributed by atoms with Crippen LogP contribution in [0.25, 0.3) is 0 Å². The Morgan fingerprint density at radius 2 is 1.89 bits per heavy atom. The molecule has 4 nitrogen and oxygen atoms in total. The van der Waals surface area contributed by atoms with Crippen molar-refractivity contribution in [3.05, 3.63) is 35.4 Å². The van der Waals surface area contributed by atoms with Gasteiger partial charge in [-0.3, -0.25) is 14.5 Å². The number of hydrogen-bond donors (Lipinski definition) is 1. The van der Waals surface area contributed by atoms with Crippen LogP contribution in [0.2, 0.25) is 0 Å². The minimum atomic E-state index is -0.669. The van der Waals surface area contributed by atoms with Gasteiger partial charge in [0.1, 0.15) is 11.6 Å². The second-order valence-electron chi connectivity index (χ2n) is 4.21. The van der Waals surface area contributed by atoms with Gasteiger partial charge in [0.15, 0.2) is 0 Å². The first kappa shape index (κ1) is 12.6. The topological polar surface area (TPSA) is 49.4 Å². The maximum absolute atomic E-state index is 12.9. The molecule has 1 aliphatic rings. The number of benzene rings is 1. The normalized spacial score (nSPS) is 19.7. The number of halogens is 2. The van der Waals surface area contributed by atoms with Crippen molar-refractivity contribution in [2.24, 2.45) is 0 Å². The summed E-state index contributed by atoms with van der Waals surface area (Å²) in [6.07, 6.45) is 0.0765. The first-order valence-electron chi connectivity index (χ1n) is 5.46. The highest BCUT2D eigenvalue weighted by atomic mass is 19.1. The zero-order valence-corrected chi connectivity index (χ0v) is 9.74. The molecule has 0 aliphatic carbocycles. The predicted molar refractivity (Wildman–Crippen MR) is 59.4 cm³/mol. The van der Waals surface area contributed by atoms with E-state index in [1.165, 1.54) is 19.2 Å². The third kappa shape index (κ3) is 2.53. The van der Waals surface area contributed by atoms with Crippen LogP contribution >= 0.6 is 0 Å². The average molecular weight is 254 g/mol. The summed E-state index contributed by atoms with van der Waals surface area (Å²) in [6, 6.07) is 2.53. The van der Waals surface area contributed by atoms with E-state index in [-0.39, 0.29) is 24.8 Å². The Labute approximate surface area is 103 Å². The lowest BCUT2D eigenvalue weighted by Gasteiger charge is -2.11. The lowest BCUT2D eigenvalue weighted by Crippen LogP contribution is -2.36. The highest BCUT2D eigenvalue weighted by Gasteiger charge is 2.35. The van der Waals surface area contributed by atoms with Gasteiger partial charge in [0.05, 0.1) is 12.5 Å². The molecule has 1 aromatic rings. The lowest BCUT2D eigenvalue weighted by molar-refractivity contribution is -0.137.